The van der Waals surface area contributed by atoms with E-state index in [1.165, 1.54) is 0 Å². The Morgan fingerprint density at radius 2 is 2.16 bits per heavy atom. The first-order chi connectivity index (χ1) is 8.97. The molecule has 0 bridgehead atoms. The van der Waals surface area contributed by atoms with Gasteiger partial charge in [-0.05, 0) is 36.6 Å². The third kappa shape index (κ3) is 3.06. The van der Waals surface area contributed by atoms with Crippen molar-refractivity contribution in [1.29, 1.82) is 0 Å². The Bertz CT molecular complexity index is 691. The fraction of sp³-hybridized carbons (Fsp3) is 0.214. The second-order valence-corrected chi connectivity index (χ2v) is 4.99. The van der Waals surface area contributed by atoms with Gasteiger partial charge in [0.05, 0.1) is 6.54 Å². The summed E-state index contributed by atoms with van der Waals surface area (Å²) in [7, 11) is 0. The summed E-state index contributed by atoms with van der Waals surface area (Å²) in [5.74, 6) is 0. The fourth-order valence-electron chi connectivity index (χ4n) is 1.89. The van der Waals surface area contributed by atoms with Gasteiger partial charge in [-0.25, -0.2) is 9.78 Å². The van der Waals surface area contributed by atoms with Crippen LogP contribution < -0.4 is 11.4 Å². The van der Waals surface area contributed by atoms with E-state index in [2.05, 4.69) is 4.98 Å². The minimum atomic E-state index is -0.247. The van der Waals surface area contributed by atoms with Crippen molar-refractivity contribution in [1.82, 2.24) is 9.55 Å². The normalized spacial score (nSPS) is 10.4. The number of benzene rings is 1. The van der Waals surface area contributed by atoms with Crippen molar-refractivity contribution in [2.75, 3.05) is 0 Å². The molecular weight excluding hydrogens is 258 g/mol. The maximum absolute atomic E-state index is 11.7. The Labute approximate surface area is 116 Å². The number of nitrogens with zero attached hydrogens (tertiary/aromatic N) is 2. The van der Waals surface area contributed by atoms with Crippen molar-refractivity contribution in [3.63, 3.8) is 0 Å². The molecule has 19 heavy (non-hydrogen) atoms. The lowest BCUT2D eigenvalue weighted by Gasteiger charge is -2.10. The van der Waals surface area contributed by atoms with E-state index in [1.807, 2.05) is 32.0 Å². The molecule has 1 aromatic carbocycles. The van der Waals surface area contributed by atoms with Crippen LogP contribution in [0.25, 0.3) is 0 Å². The van der Waals surface area contributed by atoms with Crippen LogP contribution >= 0.6 is 12.2 Å². The number of nitrogens with two attached hydrogens (primary N) is 1. The largest absolute Gasteiger partial charge is 0.389 e. The summed E-state index contributed by atoms with van der Waals surface area (Å²) < 4.78 is 1.60. The highest BCUT2D eigenvalue weighted by molar-refractivity contribution is 7.80. The van der Waals surface area contributed by atoms with Crippen LogP contribution in [0.5, 0.6) is 0 Å². The van der Waals surface area contributed by atoms with Gasteiger partial charge in [0.2, 0.25) is 0 Å². The standard InChI is InChI=1S/C14H15N3OS/c1-9-6-16-14(18)17(7-9)8-12-4-3-11(13(15)19)5-10(12)2/h3-7H,8H2,1-2H3,(H2,15,19). The smallest absolute Gasteiger partial charge is 0.347 e. The van der Waals surface area contributed by atoms with Crippen LogP contribution in [0.1, 0.15) is 22.3 Å². The topological polar surface area (TPSA) is 60.9 Å². The summed E-state index contributed by atoms with van der Waals surface area (Å²) in [6.07, 6.45) is 3.37. The van der Waals surface area contributed by atoms with Gasteiger partial charge < -0.3 is 5.73 Å². The number of hydrogen-bond donors (Lipinski definition) is 1. The van der Waals surface area contributed by atoms with Gasteiger partial charge >= 0.3 is 5.69 Å². The third-order valence-electron chi connectivity index (χ3n) is 2.95. The monoisotopic (exact) mass is 273 g/mol. The molecule has 1 aromatic heterocycles. The minimum absolute atomic E-state index is 0.247. The SMILES string of the molecule is Cc1cnc(=O)n(Cc2ccc(C(N)=S)cc2C)c1. The molecule has 0 atom stereocenters. The second-order valence-electron chi connectivity index (χ2n) is 4.55. The molecule has 0 aliphatic carbocycles. The third-order valence-corrected chi connectivity index (χ3v) is 3.19. The number of aromatic nitrogens is 2. The molecule has 0 amide bonds. The lowest BCUT2D eigenvalue weighted by Crippen LogP contribution is -2.23. The van der Waals surface area contributed by atoms with Crippen LogP contribution in [-0.4, -0.2) is 14.5 Å². The molecule has 5 heteroatoms. The summed E-state index contributed by atoms with van der Waals surface area (Å²) in [5.41, 5.74) is 9.25. The Hall–Kier alpha value is -2.01. The van der Waals surface area contributed by atoms with Gasteiger partial charge in [-0.1, -0.05) is 24.4 Å². The van der Waals surface area contributed by atoms with E-state index in [4.69, 9.17) is 18.0 Å². The van der Waals surface area contributed by atoms with Gasteiger partial charge in [-0.3, -0.25) is 4.57 Å². The van der Waals surface area contributed by atoms with Crippen molar-refractivity contribution < 1.29 is 0 Å². The zero-order valence-electron chi connectivity index (χ0n) is 10.9. The van der Waals surface area contributed by atoms with Crippen molar-refractivity contribution in [3.8, 4) is 0 Å². The number of thiocarbonyl (C=S) groups is 1. The van der Waals surface area contributed by atoms with Gasteiger partial charge in [0.25, 0.3) is 0 Å². The second kappa shape index (κ2) is 5.32. The number of aryl methyl sites for hydroxylation is 2. The summed E-state index contributed by atoms with van der Waals surface area (Å²) >= 11 is 4.95. The number of hydrogen-bond acceptors (Lipinski definition) is 3. The van der Waals surface area contributed by atoms with E-state index in [1.54, 1.807) is 17.0 Å². The van der Waals surface area contributed by atoms with Gasteiger partial charge in [-0.15, -0.1) is 0 Å². The lowest BCUT2D eigenvalue weighted by atomic mass is 10.0. The molecule has 0 saturated carbocycles. The van der Waals surface area contributed by atoms with Crippen molar-refractivity contribution >= 4 is 17.2 Å². The molecule has 2 aromatic rings. The maximum atomic E-state index is 11.7. The minimum Gasteiger partial charge on any atom is -0.389 e. The van der Waals surface area contributed by atoms with Crippen LogP contribution in [0.3, 0.4) is 0 Å². The highest BCUT2D eigenvalue weighted by Crippen LogP contribution is 2.12. The van der Waals surface area contributed by atoms with E-state index in [-0.39, 0.29) is 5.69 Å². The summed E-state index contributed by atoms with van der Waals surface area (Å²) in [6, 6.07) is 5.75. The average molecular weight is 273 g/mol. The van der Waals surface area contributed by atoms with E-state index in [0.29, 0.717) is 11.5 Å². The van der Waals surface area contributed by atoms with E-state index in [9.17, 15) is 4.79 Å². The molecule has 0 radical (unpaired) electrons. The molecule has 4 nitrogen and oxygen atoms in total. The maximum Gasteiger partial charge on any atom is 0.347 e. The van der Waals surface area contributed by atoms with Gasteiger partial charge in [-0.2, -0.15) is 0 Å². The Morgan fingerprint density at radius 3 is 2.79 bits per heavy atom. The molecule has 1 heterocycles. The molecule has 0 spiro atoms. The first-order valence-electron chi connectivity index (χ1n) is 5.90. The Kier molecular flexibility index (Phi) is 3.76. The van der Waals surface area contributed by atoms with Gasteiger partial charge in [0, 0.05) is 18.0 Å². The fourth-order valence-corrected chi connectivity index (χ4v) is 2.02. The van der Waals surface area contributed by atoms with Gasteiger partial charge in [0.1, 0.15) is 4.99 Å². The zero-order chi connectivity index (χ0) is 14.0. The van der Waals surface area contributed by atoms with E-state index in [0.717, 1.165) is 22.3 Å². The average Bonchev–Trinajstić information content (AvgIpc) is 2.36. The Morgan fingerprint density at radius 1 is 1.42 bits per heavy atom. The molecule has 0 aliphatic heterocycles. The molecular formula is C14H15N3OS. The molecule has 0 fully saturated rings. The molecule has 2 rings (SSSR count). The summed E-state index contributed by atoms with van der Waals surface area (Å²) in [5, 5.41) is 0. The van der Waals surface area contributed by atoms with Crippen LogP contribution in [0.15, 0.2) is 35.4 Å². The van der Waals surface area contributed by atoms with E-state index >= 15 is 0 Å². The first-order valence-corrected chi connectivity index (χ1v) is 6.30. The first kappa shape index (κ1) is 13.4. The summed E-state index contributed by atoms with van der Waals surface area (Å²) in [4.78, 5) is 15.9. The quantitative estimate of drug-likeness (QED) is 0.862. The Balaban J connectivity index is 2.36. The van der Waals surface area contributed by atoms with Crippen LogP contribution in [-0.2, 0) is 6.54 Å². The highest BCUT2D eigenvalue weighted by atomic mass is 32.1. The lowest BCUT2D eigenvalue weighted by molar-refractivity contribution is 0.718. The molecule has 0 unspecified atom stereocenters. The molecule has 98 valence electrons. The molecule has 0 saturated heterocycles. The predicted molar refractivity (Wildman–Crippen MR) is 79.4 cm³/mol. The number of rotatable bonds is 3. The van der Waals surface area contributed by atoms with E-state index < -0.39 is 0 Å². The van der Waals surface area contributed by atoms with Crippen molar-refractivity contribution in [2.24, 2.45) is 5.73 Å². The predicted octanol–water partition coefficient (Wildman–Crippen LogP) is 1.54. The molecule has 2 N–H and O–H groups in total. The van der Waals surface area contributed by atoms with Crippen molar-refractivity contribution in [2.45, 2.75) is 20.4 Å². The zero-order valence-corrected chi connectivity index (χ0v) is 11.7. The van der Waals surface area contributed by atoms with Crippen molar-refractivity contribution in [3.05, 3.63) is 63.3 Å². The van der Waals surface area contributed by atoms with Crippen LogP contribution in [0, 0.1) is 13.8 Å². The highest BCUT2D eigenvalue weighted by Gasteiger charge is 2.04. The van der Waals surface area contributed by atoms with Crippen LogP contribution in [0.4, 0.5) is 0 Å². The van der Waals surface area contributed by atoms with Gasteiger partial charge in [0.15, 0.2) is 0 Å². The summed E-state index contributed by atoms with van der Waals surface area (Å²) in [6.45, 7) is 4.38. The molecule has 0 aliphatic rings. The van der Waals surface area contributed by atoms with Crippen LogP contribution in [0.2, 0.25) is 0 Å².